The summed E-state index contributed by atoms with van der Waals surface area (Å²) in [5.74, 6) is 1.53. The molecular weight excluding hydrogens is 194 g/mol. The molecule has 0 fully saturated rings. The minimum atomic E-state index is 0.423. The normalized spacial score (nSPS) is 10.3. The maximum atomic E-state index is 5.55. The Bertz CT molecular complexity index is 284. The second kappa shape index (κ2) is 6.19. The third kappa shape index (κ3) is 4.60. The van der Waals surface area contributed by atoms with Crippen molar-refractivity contribution in [3.63, 3.8) is 0 Å². The van der Waals surface area contributed by atoms with Gasteiger partial charge in [-0.15, -0.1) is 0 Å². The molecule has 0 aliphatic rings. The van der Waals surface area contributed by atoms with Crippen LogP contribution in [0.15, 0.2) is 6.07 Å². The third-order valence-corrected chi connectivity index (χ3v) is 1.66. The summed E-state index contributed by atoms with van der Waals surface area (Å²) in [6.07, 6.45) is 1.01. The highest BCUT2D eigenvalue weighted by atomic mass is 16.5. The number of hydrogen-bond acceptors (Lipinski definition) is 5. The van der Waals surface area contributed by atoms with Gasteiger partial charge < -0.3 is 15.2 Å². The third-order valence-electron chi connectivity index (χ3n) is 1.66. The lowest BCUT2D eigenvalue weighted by molar-refractivity contribution is 0.0989. The molecule has 0 radical (unpaired) electrons. The van der Waals surface area contributed by atoms with Crippen LogP contribution in [-0.4, -0.2) is 29.8 Å². The summed E-state index contributed by atoms with van der Waals surface area (Å²) in [4.78, 5) is 8.03. The number of ether oxygens (including phenoxy) is 2. The van der Waals surface area contributed by atoms with Crippen LogP contribution in [0.4, 0.5) is 5.82 Å². The molecule has 1 rings (SSSR count). The highest BCUT2D eigenvalue weighted by Gasteiger charge is 1.99. The molecule has 2 N–H and O–H groups in total. The van der Waals surface area contributed by atoms with Crippen molar-refractivity contribution in [1.29, 1.82) is 0 Å². The Labute approximate surface area is 89.6 Å². The van der Waals surface area contributed by atoms with E-state index in [1.165, 1.54) is 0 Å². The highest BCUT2D eigenvalue weighted by Crippen LogP contribution is 2.09. The van der Waals surface area contributed by atoms with Gasteiger partial charge in [-0.1, -0.05) is 6.92 Å². The predicted octanol–water partition coefficient (Wildman–Crippen LogP) is 1.17. The number of rotatable bonds is 6. The van der Waals surface area contributed by atoms with Crippen molar-refractivity contribution in [2.45, 2.75) is 20.3 Å². The Morgan fingerprint density at radius 2 is 2.07 bits per heavy atom. The average molecular weight is 211 g/mol. The van der Waals surface area contributed by atoms with Crippen molar-refractivity contribution in [1.82, 2.24) is 9.97 Å². The summed E-state index contributed by atoms with van der Waals surface area (Å²) >= 11 is 0. The van der Waals surface area contributed by atoms with Gasteiger partial charge in [0.1, 0.15) is 18.2 Å². The fraction of sp³-hybridized carbons (Fsp3) is 0.600. The summed E-state index contributed by atoms with van der Waals surface area (Å²) < 4.78 is 10.6. The van der Waals surface area contributed by atoms with Gasteiger partial charge >= 0.3 is 0 Å². The van der Waals surface area contributed by atoms with Crippen LogP contribution < -0.4 is 10.5 Å². The van der Waals surface area contributed by atoms with E-state index in [1.54, 1.807) is 13.0 Å². The van der Waals surface area contributed by atoms with E-state index in [9.17, 15) is 0 Å². The Balaban J connectivity index is 2.31. The Morgan fingerprint density at radius 1 is 1.27 bits per heavy atom. The lowest BCUT2D eigenvalue weighted by Crippen LogP contribution is -2.09. The molecule has 1 aromatic rings. The first kappa shape index (κ1) is 11.7. The van der Waals surface area contributed by atoms with E-state index in [2.05, 4.69) is 16.9 Å². The monoisotopic (exact) mass is 211 g/mol. The zero-order valence-corrected chi connectivity index (χ0v) is 9.19. The Kier molecular flexibility index (Phi) is 4.83. The van der Waals surface area contributed by atoms with Gasteiger partial charge in [0, 0.05) is 12.7 Å². The van der Waals surface area contributed by atoms with Crippen molar-refractivity contribution in [3.05, 3.63) is 11.9 Å². The molecule has 15 heavy (non-hydrogen) atoms. The van der Waals surface area contributed by atoms with Gasteiger partial charge in [-0.05, 0) is 13.3 Å². The van der Waals surface area contributed by atoms with E-state index >= 15 is 0 Å². The topological polar surface area (TPSA) is 70.3 Å². The Hall–Kier alpha value is -1.36. The van der Waals surface area contributed by atoms with Crippen LogP contribution in [0.2, 0.25) is 0 Å². The van der Waals surface area contributed by atoms with Gasteiger partial charge in [-0.25, -0.2) is 4.98 Å². The van der Waals surface area contributed by atoms with Crippen molar-refractivity contribution < 1.29 is 9.47 Å². The van der Waals surface area contributed by atoms with E-state index in [0.717, 1.165) is 13.0 Å². The van der Waals surface area contributed by atoms with E-state index in [4.69, 9.17) is 15.2 Å². The van der Waals surface area contributed by atoms with Gasteiger partial charge in [0.15, 0.2) is 0 Å². The van der Waals surface area contributed by atoms with Gasteiger partial charge in [0.2, 0.25) is 5.88 Å². The van der Waals surface area contributed by atoms with Crippen LogP contribution in [-0.2, 0) is 4.74 Å². The lowest BCUT2D eigenvalue weighted by atomic mass is 10.5. The molecule has 5 heteroatoms. The van der Waals surface area contributed by atoms with E-state index < -0.39 is 0 Å². The zero-order chi connectivity index (χ0) is 11.1. The van der Waals surface area contributed by atoms with Gasteiger partial charge in [0.05, 0.1) is 6.61 Å². The summed E-state index contributed by atoms with van der Waals surface area (Å²) in [6, 6.07) is 1.60. The van der Waals surface area contributed by atoms with Crippen LogP contribution in [0.25, 0.3) is 0 Å². The fourth-order valence-corrected chi connectivity index (χ4v) is 1.09. The summed E-state index contributed by atoms with van der Waals surface area (Å²) in [5.41, 5.74) is 5.55. The van der Waals surface area contributed by atoms with Crippen LogP contribution in [0.1, 0.15) is 19.2 Å². The molecule has 0 bridgehead atoms. The Morgan fingerprint density at radius 3 is 2.73 bits per heavy atom. The van der Waals surface area contributed by atoms with Crippen molar-refractivity contribution in [2.24, 2.45) is 0 Å². The number of aromatic nitrogens is 2. The molecule has 0 amide bonds. The summed E-state index contributed by atoms with van der Waals surface area (Å²) in [5, 5.41) is 0. The number of hydrogen-bond donors (Lipinski definition) is 1. The van der Waals surface area contributed by atoms with Gasteiger partial charge in [-0.3, -0.25) is 0 Å². The second-order valence-corrected chi connectivity index (χ2v) is 3.14. The number of nitrogen functional groups attached to an aromatic ring is 1. The van der Waals surface area contributed by atoms with Crippen molar-refractivity contribution in [2.75, 3.05) is 25.6 Å². The molecule has 5 nitrogen and oxygen atoms in total. The summed E-state index contributed by atoms with van der Waals surface area (Å²) in [6.45, 7) is 5.65. The van der Waals surface area contributed by atoms with Crippen LogP contribution >= 0.6 is 0 Å². The molecule has 0 saturated heterocycles. The van der Waals surface area contributed by atoms with Crippen LogP contribution in [0.5, 0.6) is 5.88 Å². The zero-order valence-electron chi connectivity index (χ0n) is 9.19. The first-order valence-corrected chi connectivity index (χ1v) is 5.04. The predicted molar refractivity (Wildman–Crippen MR) is 57.8 cm³/mol. The molecule has 0 aliphatic heterocycles. The number of nitrogens with zero attached hydrogens (tertiary/aromatic N) is 2. The van der Waals surface area contributed by atoms with Crippen molar-refractivity contribution in [3.8, 4) is 5.88 Å². The number of anilines is 1. The summed E-state index contributed by atoms with van der Waals surface area (Å²) in [7, 11) is 0. The van der Waals surface area contributed by atoms with Crippen LogP contribution in [0, 0.1) is 6.92 Å². The van der Waals surface area contributed by atoms with E-state index in [1.807, 2.05) is 0 Å². The molecule has 0 unspecified atom stereocenters. The first-order chi connectivity index (χ1) is 7.22. The lowest BCUT2D eigenvalue weighted by Gasteiger charge is -2.06. The SMILES string of the molecule is CCCOCCOc1cc(N)nc(C)n1. The molecule has 0 saturated carbocycles. The van der Waals surface area contributed by atoms with Crippen molar-refractivity contribution >= 4 is 5.82 Å². The van der Waals surface area contributed by atoms with E-state index in [0.29, 0.717) is 30.7 Å². The molecule has 0 atom stereocenters. The highest BCUT2D eigenvalue weighted by molar-refractivity contribution is 5.32. The minimum absolute atomic E-state index is 0.423. The maximum absolute atomic E-state index is 5.55. The standard InChI is InChI=1S/C10H17N3O2/c1-3-4-14-5-6-15-10-7-9(11)12-8(2)13-10/h7H,3-6H2,1-2H3,(H2,11,12,13). The smallest absolute Gasteiger partial charge is 0.218 e. The molecular formula is C10H17N3O2. The van der Waals surface area contributed by atoms with Gasteiger partial charge in [0.25, 0.3) is 0 Å². The number of aryl methyl sites for hydroxylation is 1. The molecule has 84 valence electrons. The van der Waals surface area contributed by atoms with E-state index in [-0.39, 0.29) is 0 Å². The number of nitrogens with two attached hydrogens (primary N) is 1. The second-order valence-electron chi connectivity index (χ2n) is 3.14. The molecule has 1 aromatic heterocycles. The maximum Gasteiger partial charge on any atom is 0.218 e. The molecule has 1 heterocycles. The molecule has 0 spiro atoms. The molecule has 0 aliphatic carbocycles. The average Bonchev–Trinajstić information content (AvgIpc) is 2.16. The van der Waals surface area contributed by atoms with Crippen LogP contribution in [0.3, 0.4) is 0 Å². The fourth-order valence-electron chi connectivity index (χ4n) is 1.09. The largest absolute Gasteiger partial charge is 0.475 e. The first-order valence-electron chi connectivity index (χ1n) is 5.04. The van der Waals surface area contributed by atoms with Gasteiger partial charge in [-0.2, -0.15) is 4.98 Å². The minimum Gasteiger partial charge on any atom is -0.475 e. The molecule has 0 aromatic carbocycles. The quantitative estimate of drug-likeness (QED) is 0.715.